The Morgan fingerprint density at radius 3 is 2.57 bits per heavy atom. The highest BCUT2D eigenvalue weighted by molar-refractivity contribution is 5.31. The maximum absolute atomic E-state index is 7.00. The van der Waals surface area contributed by atoms with Gasteiger partial charge in [0.15, 0.2) is 0 Å². The molecule has 0 amide bonds. The molecule has 0 N–H and O–H groups in total. The lowest BCUT2D eigenvalue weighted by molar-refractivity contribution is -0.178. The van der Waals surface area contributed by atoms with Gasteiger partial charge in [-0.25, -0.2) is 0 Å². The van der Waals surface area contributed by atoms with Crippen molar-refractivity contribution in [3.05, 3.63) is 0 Å². The molecule has 1 heteroatoms. The predicted molar refractivity (Wildman–Crippen MR) is 84.9 cm³/mol. The summed E-state index contributed by atoms with van der Waals surface area (Å²) in [5, 5.41) is 0. The van der Waals surface area contributed by atoms with Crippen LogP contribution in [0.3, 0.4) is 0 Å². The lowest BCUT2D eigenvalue weighted by Crippen LogP contribution is -2.51. The van der Waals surface area contributed by atoms with Crippen molar-refractivity contribution in [1.82, 2.24) is 0 Å². The molecule has 0 aromatic heterocycles. The van der Waals surface area contributed by atoms with Gasteiger partial charge in [-0.15, -0.1) is 0 Å². The van der Waals surface area contributed by atoms with Crippen LogP contribution in [0, 0.1) is 46.3 Å². The number of ether oxygens (including phenoxy) is 1. The molecule has 6 fully saturated rings. The average molecular weight is 288 g/mol. The van der Waals surface area contributed by atoms with Crippen LogP contribution < -0.4 is 0 Å². The summed E-state index contributed by atoms with van der Waals surface area (Å²) < 4.78 is 7.00. The Bertz CT molecular complexity index is 498. The molecule has 7 unspecified atom stereocenters. The molecule has 6 aliphatic rings. The Kier molecular flexibility index (Phi) is 2.27. The van der Waals surface area contributed by atoms with Crippen molar-refractivity contribution in [2.75, 3.05) is 0 Å². The summed E-state index contributed by atoms with van der Waals surface area (Å²) in [7, 11) is 0. The molecule has 6 bridgehead atoms. The van der Waals surface area contributed by atoms with Crippen LogP contribution in [0.1, 0.15) is 66.7 Å². The highest BCUT2D eigenvalue weighted by Crippen LogP contribution is 2.83. The van der Waals surface area contributed by atoms with Crippen LogP contribution >= 0.6 is 0 Å². The zero-order chi connectivity index (χ0) is 14.8. The second-order valence-corrected chi connectivity index (χ2v) is 10.2. The predicted octanol–water partition coefficient (Wildman–Crippen LogP) is 4.90. The van der Waals surface area contributed by atoms with Gasteiger partial charge in [0.25, 0.3) is 0 Å². The van der Waals surface area contributed by atoms with Gasteiger partial charge in [-0.3, -0.25) is 0 Å². The molecule has 0 aromatic carbocycles. The summed E-state index contributed by atoms with van der Waals surface area (Å²) in [6.45, 7) is 12.7. The summed E-state index contributed by atoms with van der Waals surface area (Å²) in [6, 6.07) is 0. The summed E-state index contributed by atoms with van der Waals surface area (Å²) in [6.07, 6.45) is 7.70. The van der Waals surface area contributed by atoms with Gasteiger partial charge in [0.1, 0.15) is 0 Å². The van der Waals surface area contributed by atoms with Crippen LogP contribution in [0.15, 0.2) is 0 Å². The van der Waals surface area contributed by atoms with Crippen LogP contribution in [0.4, 0.5) is 0 Å². The molecule has 4 aliphatic carbocycles. The molecule has 21 heavy (non-hydrogen) atoms. The van der Waals surface area contributed by atoms with E-state index in [-0.39, 0.29) is 0 Å². The smallest absolute Gasteiger partial charge is 0.0759 e. The molecule has 4 saturated carbocycles. The summed E-state index contributed by atoms with van der Waals surface area (Å²) in [5.74, 6) is 5.32. The minimum atomic E-state index is 0.290. The second-order valence-electron chi connectivity index (χ2n) is 10.2. The van der Waals surface area contributed by atoms with E-state index in [9.17, 15) is 0 Å². The first-order chi connectivity index (χ1) is 9.84. The second kappa shape index (κ2) is 3.55. The lowest BCUT2D eigenvalue weighted by Gasteiger charge is -2.51. The topological polar surface area (TPSA) is 9.23 Å². The standard InChI is InChI=1S/C20H32O/c1-11(2)13-8-14-17-19(13,5)16-10-18(14,4)15-7-6-12(3)9-20(15,17)21-16/h11-17H,6-10H2,1-5H3/t12?,13?,14-,15-,16?,17?,18?,19?,20?/m1/s1. The molecule has 0 radical (unpaired) electrons. The van der Waals surface area contributed by atoms with E-state index in [4.69, 9.17) is 4.74 Å². The van der Waals surface area contributed by atoms with Crippen molar-refractivity contribution in [3.63, 3.8) is 0 Å². The quantitative estimate of drug-likeness (QED) is 0.667. The van der Waals surface area contributed by atoms with Gasteiger partial charge in [0.2, 0.25) is 0 Å². The van der Waals surface area contributed by atoms with E-state index in [0.29, 0.717) is 22.5 Å². The minimum Gasteiger partial charge on any atom is -0.371 e. The third kappa shape index (κ3) is 1.18. The molecule has 1 spiro atoms. The van der Waals surface area contributed by atoms with Crippen molar-refractivity contribution < 1.29 is 4.74 Å². The van der Waals surface area contributed by atoms with Crippen LogP contribution in [-0.4, -0.2) is 11.7 Å². The molecule has 2 heterocycles. The molecule has 2 aliphatic heterocycles. The Hall–Kier alpha value is -0.0400. The van der Waals surface area contributed by atoms with E-state index >= 15 is 0 Å². The van der Waals surface area contributed by atoms with E-state index in [2.05, 4.69) is 34.6 Å². The average Bonchev–Trinajstić information content (AvgIpc) is 2.83. The summed E-state index contributed by atoms with van der Waals surface area (Å²) in [5.41, 5.74) is 1.39. The third-order valence-electron chi connectivity index (χ3n) is 9.24. The Labute approximate surface area is 130 Å². The molecule has 1 nitrogen and oxygen atoms in total. The molecule has 9 atom stereocenters. The van der Waals surface area contributed by atoms with Gasteiger partial charge < -0.3 is 4.74 Å². The lowest BCUT2D eigenvalue weighted by atomic mass is 9.59. The van der Waals surface area contributed by atoms with Gasteiger partial charge in [-0.2, -0.15) is 0 Å². The van der Waals surface area contributed by atoms with E-state index in [1.54, 1.807) is 0 Å². The maximum atomic E-state index is 7.00. The van der Waals surface area contributed by atoms with Gasteiger partial charge in [0.05, 0.1) is 11.7 Å². The van der Waals surface area contributed by atoms with Gasteiger partial charge in [-0.1, -0.05) is 41.0 Å². The van der Waals surface area contributed by atoms with Crippen LogP contribution in [-0.2, 0) is 4.74 Å². The summed E-state index contributed by atoms with van der Waals surface area (Å²) >= 11 is 0. The highest BCUT2D eigenvalue weighted by Gasteiger charge is 2.84. The minimum absolute atomic E-state index is 0.290. The monoisotopic (exact) mass is 288 g/mol. The van der Waals surface area contributed by atoms with Gasteiger partial charge in [0, 0.05) is 5.41 Å². The zero-order valence-corrected chi connectivity index (χ0v) is 14.5. The fourth-order valence-corrected chi connectivity index (χ4v) is 8.80. The SMILES string of the molecule is CC1CC[C@H]2C3(C1)OC1CC2(C)[C@@H]2CC(C(C)C)C1(C)C23. The molecular weight excluding hydrogens is 256 g/mol. The van der Waals surface area contributed by atoms with Crippen molar-refractivity contribution in [1.29, 1.82) is 0 Å². The summed E-state index contributed by atoms with van der Waals surface area (Å²) in [4.78, 5) is 0. The van der Waals surface area contributed by atoms with Crippen LogP contribution in [0.5, 0.6) is 0 Å². The normalized spacial score (nSPS) is 67.1. The maximum Gasteiger partial charge on any atom is 0.0759 e. The van der Waals surface area contributed by atoms with Gasteiger partial charge >= 0.3 is 0 Å². The van der Waals surface area contributed by atoms with E-state index in [1.165, 1.54) is 32.1 Å². The molecular formula is C20H32O. The fraction of sp³-hybridized carbons (Fsp3) is 1.00. The van der Waals surface area contributed by atoms with Crippen LogP contribution in [0.2, 0.25) is 0 Å². The first-order valence-electron chi connectivity index (χ1n) is 9.52. The van der Waals surface area contributed by atoms with Crippen molar-refractivity contribution in [2.45, 2.75) is 78.4 Å². The van der Waals surface area contributed by atoms with E-state index < -0.39 is 0 Å². The largest absolute Gasteiger partial charge is 0.371 e. The Balaban J connectivity index is 1.69. The van der Waals surface area contributed by atoms with Gasteiger partial charge in [-0.05, 0) is 66.6 Å². The number of hydrogen-bond acceptors (Lipinski definition) is 1. The van der Waals surface area contributed by atoms with Crippen LogP contribution in [0.25, 0.3) is 0 Å². The third-order valence-corrected chi connectivity index (χ3v) is 9.24. The van der Waals surface area contributed by atoms with E-state index in [1.807, 2.05) is 0 Å². The first-order valence-corrected chi connectivity index (χ1v) is 9.52. The Morgan fingerprint density at radius 2 is 1.86 bits per heavy atom. The number of hydrogen-bond donors (Lipinski definition) is 0. The highest BCUT2D eigenvalue weighted by atomic mass is 16.5. The molecule has 2 saturated heterocycles. The first kappa shape index (κ1) is 13.4. The number of rotatable bonds is 1. The van der Waals surface area contributed by atoms with Crippen molar-refractivity contribution >= 4 is 0 Å². The molecule has 6 rings (SSSR count). The van der Waals surface area contributed by atoms with E-state index in [0.717, 1.165) is 35.5 Å². The fourth-order valence-electron chi connectivity index (χ4n) is 8.80. The zero-order valence-electron chi connectivity index (χ0n) is 14.5. The molecule has 0 aromatic rings. The molecule has 118 valence electrons. The van der Waals surface area contributed by atoms with Crippen molar-refractivity contribution in [3.8, 4) is 0 Å². The Morgan fingerprint density at radius 1 is 1.10 bits per heavy atom. The van der Waals surface area contributed by atoms with Crippen molar-refractivity contribution in [2.24, 2.45) is 46.3 Å².